The van der Waals surface area contributed by atoms with Crippen LogP contribution in [0.2, 0.25) is 0 Å². The number of ether oxygens (including phenoxy) is 2. The molecular weight excluding hydrogens is 324 g/mol. The first kappa shape index (κ1) is 17.0. The molecule has 2 aromatic heterocycles. The minimum atomic E-state index is -0.279. The number of nitrogens with one attached hydrogen (secondary N) is 2. The summed E-state index contributed by atoms with van der Waals surface area (Å²) < 4.78 is 10.6. The number of rotatable bonds is 5. The normalized spacial score (nSPS) is 19.9. The van der Waals surface area contributed by atoms with E-state index in [2.05, 4.69) is 30.6 Å². The third-order valence-corrected chi connectivity index (χ3v) is 3.87. The molecule has 2 aromatic rings. The standard InChI is InChI=1S/C16H20N6O3/c1-10-17-5-3-14(20-10)21-13-8-25-6-4-11(13)22-16(23)12-7-15(24-2)19-9-18-12/h3,5,7,9,11,13H,4,6,8H2,1-2H3,(H,22,23)(H,17,20,21)/t11-,13+/m1/s1. The Bertz CT molecular complexity index is 741. The van der Waals surface area contributed by atoms with E-state index < -0.39 is 0 Å². The Morgan fingerprint density at radius 3 is 3.00 bits per heavy atom. The summed E-state index contributed by atoms with van der Waals surface area (Å²) in [6, 6.07) is 3.08. The molecule has 2 atom stereocenters. The molecule has 1 saturated heterocycles. The number of aromatic nitrogens is 4. The highest BCUT2D eigenvalue weighted by Gasteiger charge is 2.28. The quantitative estimate of drug-likeness (QED) is 0.810. The van der Waals surface area contributed by atoms with Crippen molar-refractivity contribution in [3.05, 3.63) is 36.2 Å². The minimum absolute atomic E-state index is 0.101. The number of anilines is 1. The minimum Gasteiger partial charge on any atom is -0.481 e. The molecule has 3 heterocycles. The van der Waals surface area contributed by atoms with Crippen LogP contribution >= 0.6 is 0 Å². The van der Waals surface area contributed by atoms with Crippen molar-refractivity contribution in [2.45, 2.75) is 25.4 Å². The van der Waals surface area contributed by atoms with Crippen LogP contribution in [0.5, 0.6) is 5.88 Å². The molecule has 0 aromatic carbocycles. The molecule has 132 valence electrons. The van der Waals surface area contributed by atoms with Crippen molar-refractivity contribution in [3.8, 4) is 5.88 Å². The molecule has 0 aliphatic carbocycles. The molecule has 3 rings (SSSR count). The van der Waals surface area contributed by atoms with Crippen LogP contribution in [0.15, 0.2) is 24.7 Å². The molecule has 0 saturated carbocycles. The molecule has 2 N–H and O–H groups in total. The zero-order chi connectivity index (χ0) is 17.6. The zero-order valence-corrected chi connectivity index (χ0v) is 14.1. The van der Waals surface area contributed by atoms with Crippen molar-refractivity contribution in [3.63, 3.8) is 0 Å². The lowest BCUT2D eigenvalue weighted by molar-refractivity contribution is 0.0618. The van der Waals surface area contributed by atoms with E-state index in [4.69, 9.17) is 9.47 Å². The molecule has 25 heavy (non-hydrogen) atoms. The van der Waals surface area contributed by atoms with Gasteiger partial charge in [0.05, 0.1) is 25.8 Å². The SMILES string of the molecule is COc1cc(C(=O)N[C@@H]2CCOC[C@@H]2Nc2ccnc(C)n2)ncn1. The highest BCUT2D eigenvalue weighted by molar-refractivity contribution is 5.92. The predicted molar refractivity (Wildman–Crippen MR) is 89.5 cm³/mol. The first-order valence-electron chi connectivity index (χ1n) is 7.96. The Kier molecular flexibility index (Phi) is 5.34. The van der Waals surface area contributed by atoms with E-state index in [0.29, 0.717) is 37.2 Å². The molecule has 0 bridgehead atoms. The smallest absolute Gasteiger partial charge is 0.270 e. The monoisotopic (exact) mass is 344 g/mol. The first-order valence-corrected chi connectivity index (χ1v) is 7.96. The fraction of sp³-hybridized carbons (Fsp3) is 0.438. The lowest BCUT2D eigenvalue weighted by Crippen LogP contribution is -2.52. The summed E-state index contributed by atoms with van der Waals surface area (Å²) in [4.78, 5) is 28.8. The average molecular weight is 344 g/mol. The number of amides is 1. The summed E-state index contributed by atoms with van der Waals surface area (Å²) in [5.74, 6) is 1.44. The maximum absolute atomic E-state index is 12.5. The third kappa shape index (κ3) is 4.38. The van der Waals surface area contributed by atoms with Crippen molar-refractivity contribution >= 4 is 11.7 Å². The number of nitrogens with zero attached hydrogens (tertiary/aromatic N) is 4. The van der Waals surface area contributed by atoms with Crippen LogP contribution < -0.4 is 15.4 Å². The highest BCUT2D eigenvalue weighted by Crippen LogP contribution is 2.14. The van der Waals surface area contributed by atoms with Gasteiger partial charge in [-0.1, -0.05) is 0 Å². The summed E-state index contributed by atoms with van der Waals surface area (Å²) in [5.41, 5.74) is 0.259. The summed E-state index contributed by atoms with van der Waals surface area (Å²) in [7, 11) is 1.49. The van der Waals surface area contributed by atoms with Gasteiger partial charge in [0.15, 0.2) is 0 Å². The lowest BCUT2D eigenvalue weighted by Gasteiger charge is -2.33. The highest BCUT2D eigenvalue weighted by atomic mass is 16.5. The zero-order valence-electron chi connectivity index (χ0n) is 14.1. The second-order valence-corrected chi connectivity index (χ2v) is 5.63. The van der Waals surface area contributed by atoms with Crippen molar-refractivity contribution in [2.75, 3.05) is 25.6 Å². The number of carbonyl (C=O) groups excluding carboxylic acids is 1. The van der Waals surface area contributed by atoms with Crippen LogP contribution in [0.3, 0.4) is 0 Å². The number of methoxy groups -OCH3 is 1. The van der Waals surface area contributed by atoms with Gasteiger partial charge in [-0.3, -0.25) is 4.79 Å². The van der Waals surface area contributed by atoms with Gasteiger partial charge in [-0.25, -0.2) is 19.9 Å². The summed E-state index contributed by atoms with van der Waals surface area (Å²) in [6.07, 6.45) is 3.68. The Morgan fingerprint density at radius 2 is 2.20 bits per heavy atom. The van der Waals surface area contributed by atoms with Crippen LogP contribution in [0.25, 0.3) is 0 Å². The van der Waals surface area contributed by atoms with Gasteiger partial charge in [-0.05, 0) is 19.4 Å². The second kappa shape index (κ2) is 7.84. The van der Waals surface area contributed by atoms with E-state index in [1.807, 2.05) is 6.92 Å². The van der Waals surface area contributed by atoms with Crippen molar-refractivity contribution < 1.29 is 14.3 Å². The summed E-state index contributed by atoms with van der Waals surface area (Å²) >= 11 is 0. The van der Waals surface area contributed by atoms with Crippen molar-refractivity contribution in [1.29, 1.82) is 0 Å². The van der Waals surface area contributed by atoms with E-state index in [1.165, 1.54) is 19.5 Å². The Labute approximate surface area is 145 Å². The predicted octanol–water partition coefficient (Wildman–Crippen LogP) is 0.583. The molecule has 0 unspecified atom stereocenters. The number of hydrogen-bond acceptors (Lipinski definition) is 8. The van der Waals surface area contributed by atoms with Gasteiger partial charge in [-0.2, -0.15) is 0 Å². The maximum atomic E-state index is 12.5. The molecule has 9 heteroatoms. The molecule has 1 fully saturated rings. The van der Waals surface area contributed by atoms with E-state index >= 15 is 0 Å². The van der Waals surface area contributed by atoms with E-state index in [-0.39, 0.29) is 23.7 Å². The van der Waals surface area contributed by atoms with Gasteiger partial charge >= 0.3 is 0 Å². The van der Waals surface area contributed by atoms with Crippen molar-refractivity contribution in [1.82, 2.24) is 25.3 Å². The fourth-order valence-corrected chi connectivity index (χ4v) is 2.60. The van der Waals surface area contributed by atoms with Gasteiger partial charge in [0.25, 0.3) is 5.91 Å². The number of aryl methyl sites for hydroxylation is 1. The van der Waals surface area contributed by atoms with E-state index in [9.17, 15) is 4.79 Å². The average Bonchev–Trinajstić information content (AvgIpc) is 2.63. The molecular formula is C16H20N6O3. The van der Waals surface area contributed by atoms with Crippen LogP contribution in [0, 0.1) is 6.92 Å². The maximum Gasteiger partial charge on any atom is 0.270 e. The largest absolute Gasteiger partial charge is 0.481 e. The molecule has 1 aliphatic heterocycles. The third-order valence-electron chi connectivity index (χ3n) is 3.87. The van der Waals surface area contributed by atoms with E-state index in [0.717, 1.165) is 0 Å². The van der Waals surface area contributed by atoms with E-state index in [1.54, 1.807) is 12.3 Å². The van der Waals surface area contributed by atoms with Gasteiger partial charge in [0.2, 0.25) is 5.88 Å². The second-order valence-electron chi connectivity index (χ2n) is 5.63. The molecule has 0 spiro atoms. The summed E-state index contributed by atoms with van der Waals surface area (Å²) in [5, 5.41) is 6.30. The Morgan fingerprint density at radius 1 is 1.32 bits per heavy atom. The van der Waals surface area contributed by atoms with Gasteiger partial charge in [-0.15, -0.1) is 0 Å². The topological polar surface area (TPSA) is 111 Å². The molecule has 1 aliphatic rings. The molecule has 9 nitrogen and oxygen atoms in total. The van der Waals surface area contributed by atoms with Crippen LogP contribution in [0.1, 0.15) is 22.7 Å². The lowest BCUT2D eigenvalue weighted by atomic mass is 10.0. The van der Waals surface area contributed by atoms with Crippen LogP contribution in [-0.4, -0.2) is 58.3 Å². The van der Waals surface area contributed by atoms with Gasteiger partial charge in [0, 0.05) is 18.9 Å². The van der Waals surface area contributed by atoms with Crippen LogP contribution in [-0.2, 0) is 4.74 Å². The van der Waals surface area contributed by atoms with Gasteiger partial charge in [0.1, 0.15) is 23.7 Å². The Balaban J connectivity index is 1.69. The first-order chi connectivity index (χ1) is 12.2. The molecule has 0 radical (unpaired) electrons. The summed E-state index contributed by atoms with van der Waals surface area (Å²) in [6.45, 7) is 2.88. The fourth-order valence-electron chi connectivity index (χ4n) is 2.60. The van der Waals surface area contributed by atoms with Gasteiger partial charge < -0.3 is 20.1 Å². The van der Waals surface area contributed by atoms with Crippen molar-refractivity contribution in [2.24, 2.45) is 0 Å². The Hall–Kier alpha value is -2.81. The number of carbonyl (C=O) groups is 1. The number of hydrogen-bond donors (Lipinski definition) is 2. The van der Waals surface area contributed by atoms with Crippen LogP contribution in [0.4, 0.5) is 5.82 Å². The molecule has 1 amide bonds.